The van der Waals surface area contributed by atoms with Gasteiger partial charge in [0.2, 0.25) is 0 Å². The van der Waals surface area contributed by atoms with Crippen LogP contribution in [0.3, 0.4) is 0 Å². The van der Waals surface area contributed by atoms with Crippen LogP contribution in [-0.2, 0) is 4.74 Å². The Hall–Kier alpha value is -0.860. The third-order valence-corrected chi connectivity index (χ3v) is 3.38. The standard InChI is InChI=1S/C17H29NO/c1-6-18-17(12-19-10-9-13(2)3)16-11-14(4)7-8-15(16)5/h7-8,11,13,17-18H,6,9-10,12H2,1-5H3. The van der Waals surface area contributed by atoms with E-state index in [1.54, 1.807) is 0 Å². The number of benzene rings is 1. The number of hydrogen-bond acceptors (Lipinski definition) is 2. The Morgan fingerprint density at radius 2 is 1.95 bits per heavy atom. The minimum absolute atomic E-state index is 0.303. The predicted octanol–water partition coefficient (Wildman–Crippen LogP) is 4.02. The Labute approximate surface area is 118 Å². The Morgan fingerprint density at radius 1 is 1.21 bits per heavy atom. The molecule has 2 heteroatoms. The lowest BCUT2D eigenvalue weighted by Crippen LogP contribution is -2.26. The quantitative estimate of drug-likeness (QED) is 0.715. The molecule has 0 radical (unpaired) electrons. The van der Waals surface area contributed by atoms with Crippen molar-refractivity contribution in [3.63, 3.8) is 0 Å². The summed E-state index contributed by atoms with van der Waals surface area (Å²) in [5, 5.41) is 3.53. The lowest BCUT2D eigenvalue weighted by molar-refractivity contribution is 0.103. The van der Waals surface area contributed by atoms with E-state index in [1.807, 2.05) is 0 Å². The van der Waals surface area contributed by atoms with Gasteiger partial charge < -0.3 is 10.1 Å². The van der Waals surface area contributed by atoms with Crippen molar-refractivity contribution in [3.05, 3.63) is 34.9 Å². The van der Waals surface area contributed by atoms with E-state index in [-0.39, 0.29) is 0 Å². The topological polar surface area (TPSA) is 21.3 Å². The number of ether oxygens (including phenoxy) is 1. The smallest absolute Gasteiger partial charge is 0.0661 e. The first kappa shape index (κ1) is 16.2. The molecule has 0 fully saturated rings. The molecule has 1 rings (SSSR count). The second-order valence-corrected chi connectivity index (χ2v) is 5.73. The van der Waals surface area contributed by atoms with E-state index in [2.05, 4.69) is 58.1 Å². The molecule has 0 spiro atoms. The summed E-state index contributed by atoms with van der Waals surface area (Å²) in [4.78, 5) is 0. The van der Waals surface area contributed by atoms with Crippen LogP contribution in [0.25, 0.3) is 0 Å². The van der Waals surface area contributed by atoms with E-state index in [0.29, 0.717) is 12.0 Å². The summed E-state index contributed by atoms with van der Waals surface area (Å²) in [6.45, 7) is 13.5. The average Bonchev–Trinajstić information content (AvgIpc) is 2.36. The summed E-state index contributed by atoms with van der Waals surface area (Å²) in [5.74, 6) is 0.707. The maximum absolute atomic E-state index is 5.85. The molecular weight excluding hydrogens is 234 g/mol. The summed E-state index contributed by atoms with van der Waals surface area (Å²) in [6, 6.07) is 6.94. The molecule has 0 aliphatic heterocycles. The normalized spacial score (nSPS) is 12.9. The highest BCUT2D eigenvalue weighted by molar-refractivity contribution is 5.33. The largest absolute Gasteiger partial charge is 0.379 e. The van der Waals surface area contributed by atoms with Gasteiger partial charge in [0, 0.05) is 6.61 Å². The predicted molar refractivity (Wildman–Crippen MR) is 82.6 cm³/mol. The lowest BCUT2D eigenvalue weighted by Gasteiger charge is -2.21. The van der Waals surface area contributed by atoms with Crippen molar-refractivity contribution < 1.29 is 4.74 Å². The van der Waals surface area contributed by atoms with Gasteiger partial charge in [-0.05, 0) is 43.9 Å². The van der Waals surface area contributed by atoms with Crippen LogP contribution in [0.1, 0.15) is 49.9 Å². The highest BCUT2D eigenvalue weighted by atomic mass is 16.5. The van der Waals surface area contributed by atoms with Crippen molar-refractivity contribution in [2.75, 3.05) is 19.8 Å². The van der Waals surface area contributed by atoms with E-state index in [1.165, 1.54) is 16.7 Å². The molecule has 0 bridgehead atoms. The Kier molecular flexibility index (Phi) is 7.11. The average molecular weight is 263 g/mol. The monoisotopic (exact) mass is 263 g/mol. The van der Waals surface area contributed by atoms with Gasteiger partial charge in [-0.2, -0.15) is 0 Å². The zero-order chi connectivity index (χ0) is 14.3. The Balaban J connectivity index is 2.63. The SMILES string of the molecule is CCNC(COCCC(C)C)c1cc(C)ccc1C. The molecule has 0 aromatic heterocycles. The second-order valence-electron chi connectivity index (χ2n) is 5.73. The van der Waals surface area contributed by atoms with E-state index in [9.17, 15) is 0 Å². The molecule has 0 heterocycles. The van der Waals surface area contributed by atoms with Crippen LogP contribution < -0.4 is 5.32 Å². The molecule has 0 aliphatic carbocycles. The van der Waals surface area contributed by atoms with Gasteiger partial charge >= 0.3 is 0 Å². The molecule has 1 aromatic carbocycles. The summed E-state index contributed by atoms with van der Waals surface area (Å²) in [5.41, 5.74) is 4.01. The summed E-state index contributed by atoms with van der Waals surface area (Å²) >= 11 is 0. The lowest BCUT2D eigenvalue weighted by atomic mass is 9.99. The van der Waals surface area contributed by atoms with Gasteiger partial charge in [-0.15, -0.1) is 0 Å². The van der Waals surface area contributed by atoms with Crippen LogP contribution in [0.4, 0.5) is 0 Å². The molecule has 108 valence electrons. The zero-order valence-corrected chi connectivity index (χ0v) is 13.1. The van der Waals surface area contributed by atoms with Crippen molar-refractivity contribution in [2.45, 2.75) is 47.1 Å². The van der Waals surface area contributed by atoms with Crippen LogP contribution in [0.2, 0.25) is 0 Å². The molecule has 0 saturated carbocycles. The minimum Gasteiger partial charge on any atom is -0.379 e. The molecule has 2 nitrogen and oxygen atoms in total. The Morgan fingerprint density at radius 3 is 2.58 bits per heavy atom. The maximum atomic E-state index is 5.85. The molecule has 19 heavy (non-hydrogen) atoms. The fraction of sp³-hybridized carbons (Fsp3) is 0.647. The molecule has 0 saturated heterocycles. The fourth-order valence-electron chi connectivity index (χ4n) is 2.16. The third kappa shape index (κ3) is 5.75. The maximum Gasteiger partial charge on any atom is 0.0661 e. The van der Waals surface area contributed by atoms with Gasteiger partial charge in [0.15, 0.2) is 0 Å². The summed E-state index contributed by atoms with van der Waals surface area (Å²) in [7, 11) is 0. The molecule has 1 unspecified atom stereocenters. The van der Waals surface area contributed by atoms with Crippen molar-refractivity contribution in [1.82, 2.24) is 5.32 Å². The molecule has 1 atom stereocenters. The molecule has 0 aliphatic rings. The van der Waals surface area contributed by atoms with E-state index in [0.717, 1.165) is 26.2 Å². The van der Waals surface area contributed by atoms with E-state index in [4.69, 9.17) is 4.74 Å². The van der Waals surface area contributed by atoms with Crippen LogP contribution >= 0.6 is 0 Å². The van der Waals surface area contributed by atoms with Gasteiger partial charge in [0.25, 0.3) is 0 Å². The van der Waals surface area contributed by atoms with Gasteiger partial charge in [-0.3, -0.25) is 0 Å². The van der Waals surface area contributed by atoms with Gasteiger partial charge in [0.1, 0.15) is 0 Å². The first-order valence-corrected chi connectivity index (χ1v) is 7.42. The van der Waals surface area contributed by atoms with Crippen molar-refractivity contribution in [1.29, 1.82) is 0 Å². The number of rotatable bonds is 8. The van der Waals surface area contributed by atoms with Gasteiger partial charge in [-0.25, -0.2) is 0 Å². The van der Waals surface area contributed by atoms with Crippen molar-refractivity contribution in [3.8, 4) is 0 Å². The fourth-order valence-corrected chi connectivity index (χ4v) is 2.16. The highest BCUT2D eigenvalue weighted by Crippen LogP contribution is 2.20. The summed E-state index contributed by atoms with van der Waals surface area (Å²) < 4.78 is 5.85. The van der Waals surface area contributed by atoms with Crippen LogP contribution in [-0.4, -0.2) is 19.8 Å². The number of aryl methyl sites for hydroxylation is 2. The van der Waals surface area contributed by atoms with Crippen LogP contribution in [0.5, 0.6) is 0 Å². The van der Waals surface area contributed by atoms with Crippen molar-refractivity contribution in [2.24, 2.45) is 5.92 Å². The molecular formula is C17H29NO. The summed E-state index contributed by atoms with van der Waals surface area (Å²) in [6.07, 6.45) is 1.13. The number of hydrogen-bond donors (Lipinski definition) is 1. The Bertz CT molecular complexity index is 374. The number of nitrogens with one attached hydrogen (secondary N) is 1. The molecule has 1 aromatic rings. The third-order valence-electron chi connectivity index (χ3n) is 3.38. The second kappa shape index (κ2) is 8.34. The van der Waals surface area contributed by atoms with Gasteiger partial charge in [0.05, 0.1) is 12.6 Å². The first-order chi connectivity index (χ1) is 9.04. The highest BCUT2D eigenvalue weighted by Gasteiger charge is 2.13. The van der Waals surface area contributed by atoms with Gasteiger partial charge in [-0.1, -0.05) is 44.5 Å². The molecule has 1 N–H and O–H groups in total. The zero-order valence-electron chi connectivity index (χ0n) is 13.1. The van der Waals surface area contributed by atoms with Crippen LogP contribution in [0.15, 0.2) is 18.2 Å². The first-order valence-electron chi connectivity index (χ1n) is 7.42. The van der Waals surface area contributed by atoms with Crippen LogP contribution in [0, 0.1) is 19.8 Å². The van der Waals surface area contributed by atoms with E-state index >= 15 is 0 Å². The van der Waals surface area contributed by atoms with Crippen molar-refractivity contribution >= 4 is 0 Å². The number of likely N-dealkylation sites (N-methyl/N-ethyl adjacent to an activating group) is 1. The molecule has 0 amide bonds. The minimum atomic E-state index is 0.303. The van der Waals surface area contributed by atoms with E-state index < -0.39 is 0 Å².